The fraction of sp³-hybridized carbons (Fsp3) is 0.176. The molecule has 1 atom stereocenters. The Balaban J connectivity index is 2.63. The number of methoxy groups -OCH3 is 2. The zero-order chi connectivity index (χ0) is 17.7. The third-order valence-electron chi connectivity index (χ3n) is 3.49. The summed E-state index contributed by atoms with van der Waals surface area (Å²) < 4.78 is 23.3. The van der Waals surface area contributed by atoms with E-state index in [0.717, 1.165) is 0 Å². The Labute approximate surface area is 144 Å². The summed E-state index contributed by atoms with van der Waals surface area (Å²) in [5.74, 6) is -0.532. The van der Waals surface area contributed by atoms with Crippen molar-refractivity contribution in [2.24, 2.45) is 0 Å². The Hall–Kier alpha value is -2.10. The first kappa shape index (κ1) is 18.2. The molecule has 2 aromatic carbocycles. The van der Waals surface area contributed by atoms with Crippen molar-refractivity contribution in [2.45, 2.75) is 0 Å². The number of hydrogen-bond donors (Lipinski definition) is 0. The molecular weight excluding hydrogens is 351 g/mol. The van der Waals surface area contributed by atoms with E-state index < -0.39 is 24.8 Å². The SMILES string of the molecule is COC(=O)CP(=O)(C(=O)c1c(Cl)cccc1OC)c1ccccc1. The third-order valence-corrected chi connectivity index (χ3v) is 6.52. The number of carbonyl (C=O) groups excluding carboxylic acids is 2. The van der Waals surface area contributed by atoms with Crippen molar-refractivity contribution < 1.29 is 23.6 Å². The van der Waals surface area contributed by atoms with Crippen LogP contribution in [0, 0.1) is 0 Å². The number of halogens is 1. The molecule has 0 N–H and O–H groups in total. The van der Waals surface area contributed by atoms with Gasteiger partial charge in [-0.3, -0.25) is 9.59 Å². The van der Waals surface area contributed by atoms with Crippen molar-refractivity contribution in [3.63, 3.8) is 0 Å². The van der Waals surface area contributed by atoms with E-state index >= 15 is 0 Å². The van der Waals surface area contributed by atoms with E-state index in [4.69, 9.17) is 16.3 Å². The van der Waals surface area contributed by atoms with E-state index in [1.54, 1.807) is 42.5 Å². The molecule has 0 aliphatic carbocycles. The second kappa shape index (κ2) is 7.65. The van der Waals surface area contributed by atoms with Gasteiger partial charge in [0.15, 0.2) is 7.14 Å². The molecule has 24 heavy (non-hydrogen) atoms. The number of esters is 1. The lowest BCUT2D eigenvalue weighted by molar-refractivity contribution is -0.137. The summed E-state index contributed by atoms with van der Waals surface area (Å²) in [6.07, 6.45) is -0.541. The summed E-state index contributed by atoms with van der Waals surface area (Å²) in [5.41, 5.74) is -0.737. The van der Waals surface area contributed by atoms with Crippen LogP contribution in [0.3, 0.4) is 0 Å². The zero-order valence-electron chi connectivity index (χ0n) is 13.2. The van der Waals surface area contributed by atoms with Crippen LogP contribution < -0.4 is 10.0 Å². The summed E-state index contributed by atoms with van der Waals surface area (Å²) in [6, 6.07) is 12.8. The molecule has 0 heterocycles. The maximum absolute atomic E-state index is 13.5. The lowest BCUT2D eigenvalue weighted by atomic mass is 10.2. The Kier molecular flexibility index (Phi) is 5.81. The van der Waals surface area contributed by atoms with E-state index in [1.165, 1.54) is 20.3 Å². The van der Waals surface area contributed by atoms with E-state index in [-0.39, 0.29) is 21.6 Å². The summed E-state index contributed by atoms with van der Waals surface area (Å²) >= 11 is 6.13. The fourth-order valence-electron chi connectivity index (χ4n) is 2.26. The fourth-order valence-corrected chi connectivity index (χ4v) is 4.87. The normalized spacial score (nSPS) is 13.0. The lowest BCUT2D eigenvalue weighted by Gasteiger charge is -2.18. The molecule has 0 aliphatic heterocycles. The van der Waals surface area contributed by atoms with Gasteiger partial charge in [-0.25, -0.2) is 0 Å². The minimum absolute atomic E-state index is 0.00208. The van der Waals surface area contributed by atoms with Crippen LogP contribution in [0.25, 0.3) is 0 Å². The van der Waals surface area contributed by atoms with E-state index in [2.05, 4.69) is 4.74 Å². The van der Waals surface area contributed by atoms with Crippen LogP contribution in [0.2, 0.25) is 5.02 Å². The Morgan fingerprint density at radius 2 is 1.71 bits per heavy atom. The number of rotatable bonds is 6. The maximum atomic E-state index is 13.5. The van der Waals surface area contributed by atoms with E-state index in [9.17, 15) is 14.2 Å². The molecule has 0 saturated carbocycles. The minimum atomic E-state index is -3.80. The molecule has 7 heteroatoms. The van der Waals surface area contributed by atoms with Crippen LogP contribution in [-0.2, 0) is 14.1 Å². The van der Waals surface area contributed by atoms with Crippen molar-refractivity contribution in [1.82, 2.24) is 0 Å². The van der Waals surface area contributed by atoms with Gasteiger partial charge in [0, 0.05) is 5.30 Å². The third kappa shape index (κ3) is 3.53. The summed E-state index contributed by atoms with van der Waals surface area (Å²) in [4.78, 5) is 24.8. The van der Waals surface area contributed by atoms with Gasteiger partial charge in [0.1, 0.15) is 11.9 Å². The molecule has 126 valence electrons. The molecule has 0 fully saturated rings. The first-order valence-electron chi connectivity index (χ1n) is 7.03. The quantitative estimate of drug-likeness (QED) is 0.579. The molecule has 2 rings (SSSR count). The van der Waals surface area contributed by atoms with Crippen molar-refractivity contribution in [1.29, 1.82) is 0 Å². The molecule has 5 nitrogen and oxygen atoms in total. The second-order valence-corrected chi connectivity index (χ2v) is 8.06. The van der Waals surface area contributed by atoms with Gasteiger partial charge in [-0.2, -0.15) is 0 Å². The summed E-state index contributed by atoms with van der Waals surface area (Å²) in [5, 5.41) is 0.378. The molecule has 0 aromatic heterocycles. The highest BCUT2D eigenvalue weighted by atomic mass is 35.5. The van der Waals surface area contributed by atoms with Crippen LogP contribution in [0.1, 0.15) is 10.4 Å². The second-order valence-electron chi connectivity index (χ2n) is 4.93. The van der Waals surface area contributed by atoms with Crippen molar-refractivity contribution in [3.8, 4) is 5.75 Å². The average Bonchev–Trinajstić information content (AvgIpc) is 2.61. The Bertz CT molecular complexity index is 804. The van der Waals surface area contributed by atoms with Crippen molar-refractivity contribution in [3.05, 3.63) is 59.1 Å². The van der Waals surface area contributed by atoms with Crippen LogP contribution in [0.5, 0.6) is 5.75 Å². The molecule has 0 spiro atoms. The van der Waals surface area contributed by atoms with Crippen LogP contribution in [0.4, 0.5) is 0 Å². The predicted molar refractivity (Wildman–Crippen MR) is 92.9 cm³/mol. The van der Waals surface area contributed by atoms with E-state index in [1.807, 2.05) is 0 Å². The monoisotopic (exact) mass is 366 g/mol. The summed E-state index contributed by atoms with van der Waals surface area (Å²) in [6.45, 7) is 0. The van der Waals surface area contributed by atoms with Gasteiger partial charge in [-0.15, -0.1) is 0 Å². The van der Waals surface area contributed by atoms with Crippen molar-refractivity contribution >= 4 is 35.5 Å². The van der Waals surface area contributed by atoms with E-state index in [0.29, 0.717) is 0 Å². The Morgan fingerprint density at radius 1 is 1.04 bits per heavy atom. The highest BCUT2D eigenvalue weighted by Crippen LogP contribution is 2.50. The van der Waals surface area contributed by atoms with Gasteiger partial charge >= 0.3 is 5.97 Å². The Morgan fingerprint density at radius 3 is 2.29 bits per heavy atom. The topological polar surface area (TPSA) is 69.7 Å². The van der Waals surface area contributed by atoms with Crippen molar-refractivity contribution in [2.75, 3.05) is 20.4 Å². The number of hydrogen-bond acceptors (Lipinski definition) is 5. The maximum Gasteiger partial charge on any atom is 0.313 e. The van der Waals surface area contributed by atoms with Gasteiger partial charge in [0.25, 0.3) is 0 Å². The largest absolute Gasteiger partial charge is 0.496 e. The standard InChI is InChI=1S/C17H16ClO5P/c1-22-14-10-6-9-13(18)16(14)17(20)24(21,11-15(19)23-2)12-7-4-3-5-8-12/h3-10H,11H2,1-2H3. The molecule has 0 bridgehead atoms. The summed E-state index contributed by atoms with van der Waals surface area (Å²) in [7, 11) is -1.24. The highest BCUT2D eigenvalue weighted by molar-refractivity contribution is 7.88. The molecule has 1 unspecified atom stereocenters. The first-order valence-corrected chi connectivity index (χ1v) is 9.30. The van der Waals surface area contributed by atoms with Gasteiger partial charge in [0.05, 0.1) is 24.8 Å². The van der Waals surface area contributed by atoms with Crippen LogP contribution in [0.15, 0.2) is 48.5 Å². The van der Waals surface area contributed by atoms with Crippen LogP contribution in [-0.4, -0.2) is 31.9 Å². The van der Waals surface area contributed by atoms with Crippen LogP contribution >= 0.6 is 18.7 Å². The smallest absolute Gasteiger partial charge is 0.313 e. The molecule has 0 saturated heterocycles. The molecule has 0 amide bonds. The first-order chi connectivity index (χ1) is 11.4. The molecule has 2 aromatic rings. The number of ether oxygens (including phenoxy) is 2. The molecule has 0 radical (unpaired) electrons. The van der Waals surface area contributed by atoms with Gasteiger partial charge in [-0.1, -0.05) is 48.0 Å². The zero-order valence-corrected chi connectivity index (χ0v) is 14.8. The van der Waals surface area contributed by atoms with Gasteiger partial charge in [0.2, 0.25) is 5.52 Å². The minimum Gasteiger partial charge on any atom is -0.496 e. The lowest BCUT2D eigenvalue weighted by Crippen LogP contribution is -2.21. The average molecular weight is 367 g/mol. The number of benzene rings is 2. The highest BCUT2D eigenvalue weighted by Gasteiger charge is 2.39. The molecular formula is C17H16ClO5P. The predicted octanol–water partition coefficient (Wildman–Crippen LogP) is 3.35. The number of carbonyl (C=O) groups is 2. The van der Waals surface area contributed by atoms with Gasteiger partial charge < -0.3 is 14.0 Å². The van der Waals surface area contributed by atoms with Gasteiger partial charge in [-0.05, 0) is 12.1 Å². The molecule has 0 aliphatic rings.